The van der Waals surface area contributed by atoms with Crippen LogP contribution in [0.4, 0.5) is 5.69 Å². The second-order valence-electron chi connectivity index (χ2n) is 4.19. The standard InChI is InChI=1S/C14H23NO3/c1-3-4-9-18-11-13(16)10-15-12-5-7-14(17-2)8-6-12/h5-8,13,15-16H,3-4,9-11H2,1-2H3. The van der Waals surface area contributed by atoms with Gasteiger partial charge in [0.05, 0.1) is 19.8 Å². The third-order valence-corrected chi connectivity index (χ3v) is 2.58. The van der Waals surface area contributed by atoms with E-state index in [2.05, 4.69) is 12.2 Å². The van der Waals surface area contributed by atoms with Crippen LogP contribution < -0.4 is 10.1 Å². The Morgan fingerprint density at radius 1 is 1.28 bits per heavy atom. The van der Waals surface area contributed by atoms with Crippen molar-refractivity contribution in [2.45, 2.75) is 25.9 Å². The molecular formula is C14H23NO3. The fourth-order valence-electron chi connectivity index (χ4n) is 1.47. The molecule has 0 aromatic heterocycles. The molecule has 2 N–H and O–H groups in total. The van der Waals surface area contributed by atoms with Gasteiger partial charge in [0.2, 0.25) is 0 Å². The minimum absolute atomic E-state index is 0.378. The summed E-state index contributed by atoms with van der Waals surface area (Å²) in [4.78, 5) is 0. The number of nitrogens with one attached hydrogen (secondary N) is 1. The van der Waals surface area contributed by atoms with Crippen LogP contribution >= 0.6 is 0 Å². The molecule has 1 atom stereocenters. The Morgan fingerprint density at radius 3 is 2.61 bits per heavy atom. The molecule has 0 aliphatic carbocycles. The molecule has 4 heteroatoms. The first kappa shape index (κ1) is 14.8. The molecule has 0 fully saturated rings. The molecule has 0 amide bonds. The zero-order chi connectivity index (χ0) is 13.2. The van der Waals surface area contributed by atoms with E-state index in [-0.39, 0.29) is 0 Å². The van der Waals surface area contributed by atoms with Crippen molar-refractivity contribution in [2.24, 2.45) is 0 Å². The molecule has 1 unspecified atom stereocenters. The summed E-state index contributed by atoms with van der Waals surface area (Å²) in [5.74, 6) is 0.823. The molecular weight excluding hydrogens is 230 g/mol. The van der Waals surface area contributed by atoms with Gasteiger partial charge in [-0.05, 0) is 30.7 Å². The van der Waals surface area contributed by atoms with Gasteiger partial charge in [0, 0.05) is 18.8 Å². The zero-order valence-electron chi connectivity index (χ0n) is 11.2. The van der Waals surface area contributed by atoms with Gasteiger partial charge < -0.3 is 19.9 Å². The lowest BCUT2D eigenvalue weighted by Gasteiger charge is -2.13. The van der Waals surface area contributed by atoms with Crippen molar-refractivity contribution in [3.63, 3.8) is 0 Å². The molecule has 0 aliphatic heterocycles. The number of hydrogen-bond acceptors (Lipinski definition) is 4. The highest BCUT2D eigenvalue weighted by molar-refractivity contribution is 5.46. The highest BCUT2D eigenvalue weighted by atomic mass is 16.5. The van der Waals surface area contributed by atoms with Gasteiger partial charge in [-0.15, -0.1) is 0 Å². The second-order valence-corrected chi connectivity index (χ2v) is 4.19. The maximum absolute atomic E-state index is 9.70. The maximum atomic E-state index is 9.70. The summed E-state index contributed by atoms with van der Waals surface area (Å²) in [6.07, 6.45) is 1.67. The quantitative estimate of drug-likeness (QED) is 0.663. The van der Waals surface area contributed by atoms with E-state index in [4.69, 9.17) is 9.47 Å². The molecule has 1 aromatic rings. The lowest BCUT2D eigenvalue weighted by atomic mass is 10.3. The summed E-state index contributed by atoms with van der Waals surface area (Å²) >= 11 is 0. The zero-order valence-corrected chi connectivity index (χ0v) is 11.2. The molecule has 0 spiro atoms. The molecule has 0 radical (unpaired) electrons. The van der Waals surface area contributed by atoms with Gasteiger partial charge in [0.15, 0.2) is 0 Å². The first-order chi connectivity index (χ1) is 8.76. The summed E-state index contributed by atoms with van der Waals surface area (Å²) < 4.78 is 10.4. The van der Waals surface area contributed by atoms with Crippen molar-refractivity contribution in [1.29, 1.82) is 0 Å². The maximum Gasteiger partial charge on any atom is 0.119 e. The van der Waals surface area contributed by atoms with E-state index in [0.717, 1.165) is 30.9 Å². The van der Waals surface area contributed by atoms with Crippen LogP contribution in [0.15, 0.2) is 24.3 Å². The first-order valence-corrected chi connectivity index (χ1v) is 6.40. The molecule has 0 aliphatic rings. The van der Waals surface area contributed by atoms with Crippen LogP contribution in [0.3, 0.4) is 0 Å². The van der Waals surface area contributed by atoms with E-state index in [1.165, 1.54) is 0 Å². The summed E-state index contributed by atoms with van der Waals surface area (Å²) in [5, 5.41) is 12.8. The van der Waals surface area contributed by atoms with Crippen molar-refractivity contribution in [3.8, 4) is 5.75 Å². The number of aliphatic hydroxyl groups is 1. The van der Waals surface area contributed by atoms with Crippen LogP contribution in [-0.2, 0) is 4.74 Å². The number of benzene rings is 1. The molecule has 4 nitrogen and oxygen atoms in total. The van der Waals surface area contributed by atoms with Gasteiger partial charge in [-0.3, -0.25) is 0 Å². The summed E-state index contributed by atoms with van der Waals surface area (Å²) in [7, 11) is 1.64. The van der Waals surface area contributed by atoms with E-state index in [9.17, 15) is 5.11 Å². The fraction of sp³-hybridized carbons (Fsp3) is 0.571. The normalized spacial score (nSPS) is 12.2. The van der Waals surface area contributed by atoms with Crippen LogP contribution in [0, 0.1) is 0 Å². The minimum atomic E-state index is -0.482. The van der Waals surface area contributed by atoms with Gasteiger partial charge in [-0.2, -0.15) is 0 Å². The Kier molecular flexibility index (Phi) is 7.22. The molecule has 0 bridgehead atoms. The van der Waals surface area contributed by atoms with Crippen molar-refractivity contribution in [3.05, 3.63) is 24.3 Å². The number of ether oxygens (including phenoxy) is 2. The number of methoxy groups -OCH3 is 1. The fourth-order valence-corrected chi connectivity index (χ4v) is 1.47. The number of rotatable bonds is 9. The Hall–Kier alpha value is -1.26. The topological polar surface area (TPSA) is 50.7 Å². The Bertz CT molecular complexity index is 313. The summed E-state index contributed by atoms with van der Waals surface area (Å²) in [6, 6.07) is 7.60. The first-order valence-electron chi connectivity index (χ1n) is 6.40. The minimum Gasteiger partial charge on any atom is -0.497 e. The van der Waals surface area contributed by atoms with Crippen LogP contribution in [0.2, 0.25) is 0 Å². The SMILES string of the molecule is CCCCOCC(O)CNc1ccc(OC)cc1. The van der Waals surface area contributed by atoms with Gasteiger partial charge >= 0.3 is 0 Å². The number of aliphatic hydroxyl groups excluding tert-OH is 1. The molecule has 0 heterocycles. The van der Waals surface area contributed by atoms with Crippen molar-refractivity contribution < 1.29 is 14.6 Å². The number of anilines is 1. The highest BCUT2D eigenvalue weighted by Crippen LogP contribution is 2.14. The summed E-state index contributed by atoms with van der Waals surface area (Å²) in [6.45, 7) is 3.70. The largest absolute Gasteiger partial charge is 0.497 e. The van der Waals surface area contributed by atoms with Gasteiger partial charge in [-0.1, -0.05) is 13.3 Å². The van der Waals surface area contributed by atoms with Crippen LogP contribution in [-0.4, -0.2) is 38.1 Å². The average molecular weight is 253 g/mol. The van der Waals surface area contributed by atoms with Crippen molar-refractivity contribution in [1.82, 2.24) is 0 Å². The van der Waals surface area contributed by atoms with E-state index >= 15 is 0 Å². The van der Waals surface area contributed by atoms with E-state index in [1.54, 1.807) is 7.11 Å². The predicted octanol–water partition coefficient (Wildman–Crippen LogP) is 2.28. The number of unbranched alkanes of at least 4 members (excludes halogenated alkanes) is 1. The molecule has 102 valence electrons. The van der Waals surface area contributed by atoms with Gasteiger partial charge in [0.1, 0.15) is 5.75 Å². The molecule has 18 heavy (non-hydrogen) atoms. The number of hydrogen-bond donors (Lipinski definition) is 2. The summed E-state index contributed by atoms with van der Waals surface area (Å²) in [5.41, 5.74) is 0.961. The molecule has 0 saturated carbocycles. The lowest BCUT2D eigenvalue weighted by molar-refractivity contribution is 0.0422. The Labute approximate surface area is 109 Å². The van der Waals surface area contributed by atoms with E-state index in [1.807, 2.05) is 24.3 Å². The molecule has 1 rings (SSSR count). The van der Waals surface area contributed by atoms with Crippen LogP contribution in [0.25, 0.3) is 0 Å². The third-order valence-electron chi connectivity index (χ3n) is 2.58. The second kappa shape index (κ2) is 8.78. The van der Waals surface area contributed by atoms with Crippen molar-refractivity contribution >= 4 is 5.69 Å². The molecule has 0 saturated heterocycles. The van der Waals surface area contributed by atoms with E-state index < -0.39 is 6.10 Å². The average Bonchev–Trinajstić information content (AvgIpc) is 2.42. The van der Waals surface area contributed by atoms with Gasteiger partial charge in [-0.25, -0.2) is 0 Å². The van der Waals surface area contributed by atoms with E-state index in [0.29, 0.717) is 13.2 Å². The van der Waals surface area contributed by atoms with Crippen LogP contribution in [0.5, 0.6) is 5.75 Å². The lowest BCUT2D eigenvalue weighted by Crippen LogP contribution is -2.25. The smallest absolute Gasteiger partial charge is 0.119 e. The predicted molar refractivity (Wildman–Crippen MR) is 73.2 cm³/mol. The monoisotopic (exact) mass is 253 g/mol. The Morgan fingerprint density at radius 2 is 2.00 bits per heavy atom. The van der Waals surface area contributed by atoms with Crippen molar-refractivity contribution in [2.75, 3.05) is 32.2 Å². The van der Waals surface area contributed by atoms with Crippen LogP contribution in [0.1, 0.15) is 19.8 Å². The highest BCUT2D eigenvalue weighted by Gasteiger charge is 2.03. The van der Waals surface area contributed by atoms with Gasteiger partial charge in [0.25, 0.3) is 0 Å². The Balaban J connectivity index is 2.18. The molecule has 1 aromatic carbocycles. The third kappa shape index (κ3) is 5.89.